The lowest BCUT2D eigenvalue weighted by Crippen LogP contribution is -2.23. The molecule has 0 bridgehead atoms. The lowest BCUT2D eigenvalue weighted by Gasteiger charge is -2.13. The highest BCUT2D eigenvalue weighted by Crippen LogP contribution is 2.23. The molecule has 1 atom stereocenters. The molecule has 2 aromatic rings. The summed E-state index contributed by atoms with van der Waals surface area (Å²) < 4.78 is 13.5. The van der Waals surface area contributed by atoms with E-state index in [0.717, 1.165) is 17.0 Å². The topological polar surface area (TPSA) is 54.9 Å². The fourth-order valence-corrected chi connectivity index (χ4v) is 2.66. The molecule has 4 nitrogen and oxygen atoms in total. The van der Waals surface area contributed by atoms with Gasteiger partial charge in [0.1, 0.15) is 5.82 Å². The van der Waals surface area contributed by atoms with E-state index in [0.29, 0.717) is 5.16 Å². The van der Waals surface area contributed by atoms with Crippen LogP contribution in [0.3, 0.4) is 0 Å². The second-order valence-corrected chi connectivity index (χ2v) is 6.34. The van der Waals surface area contributed by atoms with Crippen molar-refractivity contribution >= 4 is 23.4 Å². The van der Waals surface area contributed by atoms with Crippen molar-refractivity contribution in [1.82, 2.24) is 9.97 Å². The molecule has 1 heterocycles. The van der Waals surface area contributed by atoms with Crippen LogP contribution in [0.5, 0.6) is 0 Å². The second-order valence-electron chi connectivity index (χ2n) is 5.03. The van der Waals surface area contributed by atoms with Gasteiger partial charge >= 0.3 is 0 Å². The van der Waals surface area contributed by atoms with Crippen molar-refractivity contribution in [3.63, 3.8) is 0 Å². The minimum Gasteiger partial charge on any atom is -0.323 e. The Morgan fingerprint density at radius 2 is 1.77 bits per heavy atom. The summed E-state index contributed by atoms with van der Waals surface area (Å²) in [5, 5.41) is 2.70. The summed E-state index contributed by atoms with van der Waals surface area (Å²) in [6.45, 7) is 7.54. The molecule has 0 aliphatic rings. The van der Waals surface area contributed by atoms with E-state index in [4.69, 9.17) is 0 Å². The average molecular weight is 319 g/mol. The molecule has 22 heavy (non-hydrogen) atoms. The first-order chi connectivity index (χ1) is 10.4. The van der Waals surface area contributed by atoms with Crippen LogP contribution >= 0.6 is 11.8 Å². The summed E-state index contributed by atoms with van der Waals surface area (Å²) in [6.07, 6.45) is 0. The number of anilines is 1. The molecule has 0 radical (unpaired) electrons. The maximum Gasteiger partial charge on any atom is 0.237 e. The maximum atomic E-state index is 13.5. The molecule has 0 saturated heterocycles. The lowest BCUT2D eigenvalue weighted by molar-refractivity contribution is -0.115. The van der Waals surface area contributed by atoms with Gasteiger partial charge in [-0.25, -0.2) is 14.4 Å². The third-order valence-corrected chi connectivity index (χ3v) is 4.36. The van der Waals surface area contributed by atoms with E-state index in [1.165, 1.54) is 23.9 Å². The zero-order valence-electron chi connectivity index (χ0n) is 13.0. The molecule has 0 aliphatic heterocycles. The summed E-state index contributed by atoms with van der Waals surface area (Å²) in [7, 11) is 0. The third-order valence-electron chi connectivity index (χ3n) is 3.40. The molecule has 2 rings (SSSR count). The summed E-state index contributed by atoms with van der Waals surface area (Å²) in [6, 6.07) is 6.09. The third kappa shape index (κ3) is 3.82. The van der Waals surface area contributed by atoms with Gasteiger partial charge in [0.05, 0.1) is 10.9 Å². The van der Waals surface area contributed by atoms with E-state index in [1.54, 1.807) is 19.1 Å². The van der Waals surface area contributed by atoms with Crippen molar-refractivity contribution < 1.29 is 9.18 Å². The quantitative estimate of drug-likeness (QED) is 0.690. The highest BCUT2D eigenvalue weighted by molar-refractivity contribution is 8.00. The molecule has 0 saturated carbocycles. The number of aromatic nitrogens is 2. The smallest absolute Gasteiger partial charge is 0.237 e. The molecular weight excluding hydrogens is 301 g/mol. The standard InChI is InChI=1S/C16H18FN3OS/c1-9-10(2)18-16(19-11(9)3)22-12(4)15(21)20-14-8-6-5-7-13(14)17/h5-8,12H,1-4H3,(H,20,21)/t12-/m0/s1. The maximum absolute atomic E-state index is 13.5. The summed E-state index contributed by atoms with van der Waals surface area (Å²) >= 11 is 1.26. The van der Waals surface area contributed by atoms with Gasteiger partial charge in [-0.15, -0.1) is 0 Å². The molecule has 6 heteroatoms. The molecule has 0 unspecified atom stereocenters. The number of hydrogen-bond donors (Lipinski definition) is 1. The number of hydrogen-bond acceptors (Lipinski definition) is 4. The molecule has 0 aliphatic carbocycles. The average Bonchev–Trinajstić information content (AvgIpc) is 2.47. The van der Waals surface area contributed by atoms with Crippen LogP contribution in [-0.4, -0.2) is 21.1 Å². The Labute approximate surface area is 133 Å². The van der Waals surface area contributed by atoms with Crippen LogP contribution in [0.4, 0.5) is 10.1 Å². The van der Waals surface area contributed by atoms with Crippen molar-refractivity contribution in [2.24, 2.45) is 0 Å². The van der Waals surface area contributed by atoms with E-state index in [9.17, 15) is 9.18 Å². The van der Waals surface area contributed by atoms with Gasteiger partial charge in [0.15, 0.2) is 5.16 Å². The minimum absolute atomic E-state index is 0.178. The molecule has 116 valence electrons. The minimum atomic E-state index is -0.452. The SMILES string of the molecule is Cc1nc(S[C@@H](C)C(=O)Nc2ccccc2F)nc(C)c1C. The number of para-hydroxylation sites is 1. The van der Waals surface area contributed by atoms with Crippen molar-refractivity contribution in [3.8, 4) is 0 Å². The Hall–Kier alpha value is -1.95. The van der Waals surface area contributed by atoms with Gasteiger partial charge in [-0.05, 0) is 45.4 Å². The van der Waals surface area contributed by atoms with Crippen LogP contribution in [-0.2, 0) is 4.79 Å². The van der Waals surface area contributed by atoms with E-state index >= 15 is 0 Å². The summed E-state index contributed by atoms with van der Waals surface area (Å²) in [4.78, 5) is 20.9. The number of amides is 1. The van der Waals surface area contributed by atoms with Crippen LogP contribution < -0.4 is 5.32 Å². The predicted octanol–water partition coefficient (Wildman–Crippen LogP) is 3.66. The van der Waals surface area contributed by atoms with E-state index in [2.05, 4.69) is 15.3 Å². The van der Waals surface area contributed by atoms with Gasteiger partial charge in [0.25, 0.3) is 0 Å². The summed E-state index contributed by atoms with van der Waals surface area (Å²) in [5.41, 5.74) is 3.03. The summed E-state index contributed by atoms with van der Waals surface area (Å²) in [5.74, 6) is -0.735. The number of carbonyl (C=O) groups excluding carboxylic acids is 1. The van der Waals surface area contributed by atoms with Crippen molar-refractivity contribution in [3.05, 3.63) is 47.0 Å². The number of nitrogens with zero attached hydrogens (tertiary/aromatic N) is 2. The second kappa shape index (κ2) is 6.87. The highest BCUT2D eigenvalue weighted by atomic mass is 32.2. The van der Waals surface area contributed by atoms with E-state index < -0.39 is 11.1 Å². The number of rotatable bonds is 4. The highest BCUT2D eigenvalue weighted by Gasteiger charge is 2.18. The van der Waals surface area contributed by atoms with Gasteiger partial charge in [-0.1, -0.05) is 23.9 Å². The molecular formula is C16H18FN3OS. The Balaban J connectivity index is 2.07. The zero-order valence-corrected chi connectivity index (χ0v) is 13.8. The van der Waals surface area contributed by atoms with Crippen LogP contribution in [0.15, 0.2) is 29.4 Å². The Bertz CT molecular complexity index is 683. The molecule has 1 aromatic carbocycles. The number of aryl methyl sites for hydroxylation is 2. The molecule has 1 N–H and O–H groups in total. The van der Waals surface area contributed by atoms with E-state index in [-0.39, 0.29) is 11.6 Å². The monoisotopic (exact) mass is 319 g/mol. The van der Waals surface area contributed by atoms with Gasteiger partial charge in [-0.2, -0.15) is 0 Å². The molecule has 0 fully saturated rings. The first-order valence-electron chi connectivity index (χ1n) is 6.92. The predicted molar refractivity (Wildman–Crippen MR) is 86.6 cm³/mol. The van der Waals surface area contributed by atoms with Crippen molar-refractivity contribution in [2.45, 2.75) is 38.1 Å². The first kappa shape index (κ1) is 16.4. The van der Waals surface area contributed by atoms with E-state index in [1.807, 2.05) is 20.8 Å². The normalized spacial score (nSPS) is 12.0. The zero-order chi connectivity index (χ0) is 16.3. The fourth-order valence-electron chi connectivity index (χ4n) is 1.80. The largest absolute Gasteiger partial charge is 0.323 e. The number of nitrogens with one attached hydrogen (secondary N) is 1. The van der Waals surface area contributed by atoms with Crippen molar-refractivity contribution in [2.75, 3.05) is 5.32 Å². The number of thioether (sulfide) groups is 1. The Morgan fingerprint density at radius 3 is 2.36 bits per heavy atom. The van der Waals surface area contributed by atoms with Gasteiger partial charge in [-0.3, -0.25) is 4.79 Å². The van der Waals surface area contributed by atoms with Crippen LogP contribution in [0.2, 0.25) is 0 Å². The number of halogens is 1. The number of carbonyl (C=O) groups is 1. The van der Waals surface area contributed by atoms with Crippen LogP contribution in [0.25, 0.3) is 0 Å². The fraction of sp³-hybridized carbons (Fsp3) is 0.312. The van der Waals surface area contributed by atoms with Gasteiger partial charge < -0.3 is 5.32 Å². The number of benzene rings is 1. The molecule has 1 amide bonds. The Kier molecular flexibility index (Phi) is 5.13. The van der Waals surface area contributed by atoms with Gasteiger partial charge in [0, 0.05) is 11.4 Å². The van der Waals surface area contributed by atoms with Gasteiger partial charge in [0.2, 0.25) is 5.91 Å². The Morgan fingerprint density at radius 1 is 1.18 bits per heavy atom. The molecule has 0 spiro atoms. The van der Waals surface area contributed by atoms with Crippen LogP contribution in [0.1, 0.15) is 23.9 Å². The lowest BCUT2D eigenvalue weighted by atomic mass is 10.2. The van der Waals surface area contributed by atoms with Crippen molar-refractivity contribution in [1.29, 1.82) is 0 Å². The first-order valence-corrected chi connectivity index (χ1v) is 7.80. The van der Waals surface area contributed by atoms with Crippen LogP contribution in [0, 0.1) is 26.6 Å². The molecule has 1 aromatic heterocycles.